The maximum atomic E-state index is 11.6. The maximum Gasteiger partial charge on any atom is 0.288 e. The van der Waals surface area contributed by atoms with Crippen LogP contribution < -0.4 is 0 Å². The summed E-state index contributed by atoms with van der Waals surface area (Å²) >= 11 is 11.1. The van der Waals surface area contributed by atoms with Crippen LogP contribution in [0.25, 0.3) is 0 Å². The lowest BCUT2D eigenvalue weighted by Gasteiger charge is -2.16. The molecule has 1 aliphatic heterocycles. The van der Waals surface area contributed by atoms with Gasteiger partial charge in [0.15, 0.2) is 9.84 Å². The van der Waals surface area contributed by atoms with Crippen molar-refractivity contribution < 1.29 is 12.8 Å². The van der Waals surface area contributed by atoms with Gasteiger partial charge in [0, 0.05) is 11.6 Å². The largest absolute Gasteiger partial charge is 0.414 e. The van der Waals surface area contributed by atoms with Crippen LogP contribution in [0.15, 0.2) is 28.7 Å². The summed E-state index contributed by atoms with van der Waals surface area (Å²) in [5.41, 5.74) is 1.12. The Morgan fingerprint density at radius 3 is 2.75 bits per heavy atom. The van der Waals surface area contributed by atoms with Gasteiger partial charge in [-0.15, -0.1) is 5.10 Å². The quantitative estimate of drug-likeness (QED) is 0.735. The Labute approximate surface area is 150 Å². The molecule has 1 aliphatic rings. The van der Waals surface area contributed by atoms with Crippen molar-refractivity contribution in [1.82, 2.24) is 14.7 Å². The third kappa shape index (κ3) is 4.24. The Bertz CT molecular complexity index is 874. The lowest BCUT2D eigenvalue weighted by atomic mass is 10.1. The molecule has 1 fully saturated rings. The highest BCUT2D eigenvalue weighted by atomic mass is 35.5. The van der Waals surface area contributed by atoms with E-state index in [0.29, 0.717) is 30.5 Å². The van der Waals surface area contributed by atoms with E-state index in [1.165, 1.54) is 0 Å². The molecule has 6 nitrogen and oxygen atoms in total. The molecule has 24 heavy (non-hydrogen) atoms. The number of aromatic nitrogens is 2. The van der Waals surface area contributed by atoms with E-state index in [9.17, 15) is 8.42 Å². The standard InChI is InChI=1S/C15H18ClN3O3S2/c1-18(8-11-2-4-13(16)5-3-11)10-19-15(23)22-14(17-19)12-6-7-24(20,21)9-12/h2-5,12H,6-10H2,1H3/t12-/m0/s1. The summed E-state index contributed by atoms with van der Waals surface area (Å²) in [7, 11) is -1.03. The number of halogens is 1. The molecule has 0 bridgehead atoms. The summed E-state index contributed by atoms with van der Waals surface area (Å²) in [6, 6.07) is 7.64. The minimum atomic E-state index is -2.98. The topological polar surface area (TPSA) is 68.3 Å². The van der Waals surface area contributed by atoms with Crippen LogP contribution in [0.4, 0.5) is 0 Å². The molecule has 3 rings (SSSR count). The van der Waals surface area contributed by atoms with Crippen molar-refractivity contribution in [3.63, 3.8) is 0 Å². The van der Waals surface area contributed by atoms with Gasteiger partial charge in [0.2, 0.25) is 5.89 Å². The second-order valence-corrected chi connectivity index (χ2v) is 9.10. The van der Waals surface area contributed by atoms with E-state index in [1.807, 2.05) is 36.2 Å². The van der Waals surface area contributed by atoms with Crippen LogP contribution in [0.1, 0.15) is 23.8 Å². The van der Waals surface area contributed by atoms with Crippen molar-refractivity contribution in [1.29, 1.82) is 0 Å². The zero-order valence-corrected chi connectivity index (χ0v) is 15.6. The summed E-state index contributed by atoms with van der Waals surface area (Å²) in [6.07, 6.45) is 0.540. The molecule has 1 atom stereocenters. The normalized spacial score (nSPS) is 19.9. The van der Waals surface area contributed by atoms with Crippen LogP contribution in [0, 0.1) is 4.84 Å². The van der Waals surface area contributed by atoms with E-state index >= 15 is 0 Å². The Hall–Kier alpha value is -1.22. The number of hydrogen-bond donors (Lipinski definition) is 0. The molecule has 0 aliphatic carbocycles. The molecule has 2 heterocycles. The Balaban J connectivity index is 1.67. The van der Waals surface area contributed by atoms with Crippen molar-refractivity contribution >= 4 is 33.7 Å². The van der Waals surface area contributed by atoms with Gasteiger partial charge in [-0.05, 0) is 43.4 Å². The van der Waals surface area contributed by atoms with Gasteiger partial charge < -0.3 is 4.42 Å². The third-order valence-electron chi connectivity index (χ3n) is 3.94. The predicted octanol–water partition coefficient (Wildman–Crippen LogP) is 2.85. The van der Waals surface area contributed by atoms with E-state index in [4.69, 9.17) is 28.2 Å². The van der Waals surface area contributed by atoms with Gasteiger partial charge in [-0.3, -0.25) is 4.90 Å². The van der Waals surface area contributed by atoms with Crippen molar-refractivity contribution in [3.05, 3.63) is 45.6 Å². The van der Waals surface area contributed by atoms with Gasteiger partial charge in [0.1, 0.15) is 0 Å². The van der Waals surface area contributed by atoms with Crippen LogP contribution in [-0.4, -0.2) is 41.7 Å². The van der Waals surface area contributed by atoms with Crippen molar-refractivity contribution in [2.75, 3.05) is 18.6 Å². The molecule has 0 spiro atoms. The number of nitrogens with zero attached hydrogens (tertiary/aromatic N) is 3. The average Bonchev–Trinajstić information content (AvgIpc) is 3.04. The molecule has 1 aromatic carbocycles. The highest BCUT2D eigenvalue weighted by Crippen LogP contribution is 2.27. The zero-order chi connectivity index (χ0) is 17.3. The molecule has 0 saturated carbocycles. The Kier molecular flexibility index (Phi) is 5.10. The molecule has 1 saturated heterocycles. The van der Waals surface area contributed by atoms with E-state index < -0.39 is 9.84 Å². The lowest BCUT2D eigenvalue weighted by Crippen LogP contribution is -2.22. The number of benzene rings is 1. The average molecular weight is 388 g/mol. The fourth-order valence-electron chi connectivity index (χ4n) is 2.75. The number of rotatable bonds is 5. The molecule has 0 radical (unpaired) electrons. The molecular formula is C15H18ClN3O3S2. The first kappa shape index (κ1) is 17.6. The zero-order valence-electron chi connectivity index (χ0n) is 13.2. The third-order valence-corrected chi connectivity index (χ3v) is 6.26. The fourth-order valence-corrected chi connectivity index (χ4v) is 4.79. The van der Waals surface area contributed by atoms with Crippen LogP contribution in [0.2, 0.25) is 5.02 Å². The highest BCUT2D eigenvalue weighted by Gasteiger charge is 2.32. The second kappa shape index (κ2) is 6.95. The fraction of sp³-hybridized carbons (Fsp3) is 0.467. The lowest BCUT2D eigenvalue weighted by molar-refractivity contribution is 0.240. The SMILES string of the molecule is CN(Cc1ccc(Cl)cc1)Cn1nc([C@H]2CCS(=O)(=O)C2)oc1=S. The first-order valence-electron chi connectivity index (χ1n) is 7.54. The van der Waals surface area contributed by atoms with Gasteiger partial charge in [0.25, 0.3) is 4.84 Å². The summed E-state index contributed by atoms with van der Waals surface area (Å²) in [5, 5.41) is 5.08. The van der Waals surface area contributed by atoms with Gasteiger partial charge in [-0.25, -0.2) is 13.1 Å². The van der Waals surface area contributed by atoms with E-state index in [-0.39, 0.29) is 22.3 Å². The molecule has 0 amide bonds. The minimum Gasteiger partial charge on any atom is -0.414 e. The van der Waals surface area contributed by atoms with Crippen LogP contribution in [0.5, 0.6) is 0 Å². The Morgan fingerprint density at radius 1 is 1.42 bits per heavy atom. The van der Waals surface area contributed by atoms with Crippen LogP contribution in [0.3, 0.4) is 0 Å². The van der Waals surface area contributed by atoms with E-state index in [0.717, 1.165) is 5.56 Å². The maximum absolute atomic E-state index is 11.6. The summed E-state index contributed by atoms with van der Waals surface area (Å²) in [6.45, 7) is 1.17. The first-order chi connectivity index (χ1) is 11.3. The number of sulfone groups is 1. The Morgan fingerprint density at radius 2 is 2.12 bits per heavy atom. The monoisotopic (exact) mass is 387 g/mol. The van der Waals surface area contributed by atoms with E-state index in [2.05, 4.69) is 5.10 Å². The first-order valence-corrected chi connectivity index (χ1v) is 10.1. The van der Waals surface area contributed by atoms with Crippen molar-refractivity contribution in [2.45, 2.75) is 25.6 Å². The molecule has 2 aromatic rings. The molecular weight excluding hydrogens is 370 g/mol. The van der Waals surface area contributed by atoms with E-state index in [1.54, 1.807) is 4.68 Å². The van der Waals surface area contributed by atoms with Crippen molar-refractivity contribution in [3.8, 4) is 0 Å². The molecule has 1 aromatic heterocycles. The summed E-state index contributed by atoms with van der Waals surface area (Å²) in [5.74, 6) is 0.493. The number of hydrogen-bond acceptors (Lipinski definition) is 6. The van der Waals surface area contributed by atoms with Gasteiger partial charge in [0.05, 0.1) is 24.1 Å². The minimum absolute atomic E-state index is 0.0862. The highest BCUT2D eigenvalue weighted by molar-refractivity contribution is 7.91. The molecule has 9 heteroatoms. The van der Waals surface area contributed by atoms with Gasteiger partial charge in [-0.1, -0.05) is 23.7 Å². The predicted molar refractivity (Wildman–Crippen MR) is 94.3 cm³/mol. The smallest absolute Gasteiger partial charge is 0.288 e. The molecule has 0 N–H and O–H groups in total. The molecule has 130 valence electrons. The summed E-state index contributed by atoms with van der Waals surface area (Å²) in [4.78, 5) is 2.30. The van der Waals surface area contributed by atoms with Gasteiger partial charge >= 0.3 is 0 Å². The molecule has 0 unspecified atom stereocenters. The van der Waals surface area contributed by atoms with Crippen molar-refractivity contribution in [2.24, 2.45) is 0 Å². The van der Waals surface area contributed by atoms with Crippen LogP contribution in [-0.2, 0) is 23.1 Å². The second-order valence-electron chi connectivity index (χ2n) is 6.09. The van der Waals surface area contributed by atoms with Crippen LogP contribution >= 0.6 is 23.8 Å². The van der Waals surface area contributed by atoms with Gasteiger partial charge in [-0.2, -0.15) is 0 Å². The summed E-state index contributed by atoms with van der Waals surface area (Å²) < 4.78 is 30.3.